The molecule has 1 atom stereocenters. The molecule has 14 heavy (non-hydrogen) atoms. The van der Waals surface area contributed by atoms with E-state index in [1.54, 1.807) is 6.92 Å². The van der Waals surface area contributed by atoms with E-state index < -0.39 is 11.6 Å². The highest BCUT2D eigenvalue weighted by Gasteiger charge is 2.32. The van der Waals surface area contributed by atoms with Crippen molar-refractivity contribution in [3.63, 3.8) is 0 Å². The van der Waals surface area contributed by atoms with E-state index in [4.69, 9.17) is 9.84 Å². The highest BCUT2D eigenvalue weighted by atomic mass is 16.5. The summed E-state index contributed by atoms with van der Waals surface area (Å²) >= 11 is 0. The maximum Gasteiger partial charge on any atom is 0.338 e. The van der Waals surface area contributed by atoms with Crippen LogP contribution in [0.25, 0.3) is 0 Å². The maximum absolute atomic E-state index is 11.2. The molecule has 0 saturated heterocycles. The average Bonchev–Trinajstić information content (AvgIpc) is 2.03. The van der Waals surface area contributed by atoms with Crippen molar-refractivity contribution in [2.45, 2.75) is 32.3 Å². The number of aliphatic hydroxyl groups is 2. The Morgan fingerprint density at radius 2 is 2.14 bits per heavy atom. The summed E-state index contributed by atoms with van der Waals surface area (Å²) in [7, 11) is 0. The second kappa shape index (κ2) is 5.78. The fraction of sp³-hybridized carbons (Fsp3) is 0.700. The van der Waals surface area contributed by atoms with Crippen LogP contribution in [0.1, 0.15) is 26.7 Å². The number of carbonyl (C=O) groups excluding carboxylic acids is 1. The fourth-order valence-corrected chi connectivity index (χ4v) is 1.09. The minimum atomic E-state index is -1.54. The lowest BCUT2D eigenvalue weighted by Crippen LogP contribution is -2.37. The van der Waals surface area contributed by atoms with Crippen molar-refractivity contribution in [1.82, 2.24) is 0 Å². The van der Waals surface area contributed by atoms with Gasteiger partial charge in [-0.3, -0.25) is 0 Å². The number of hydrogen-bond acceptors (Lipinski definition) is 4. The van der Waals surface area contributed by atoms with Gasteiger partial charge in [0.2, 0.25) is 0 Å². The molecular formula is C10H18O4. The molecule has 1 unspecified atom stereocenters. The summed E-state index contributed by atoms with van der Waals surface area (Å²) < 4.78 is 4.69. The molecule has 0 aromatic heterocycles. The summed E-state index contributed by atoms with van der Waals surface area (Å²) in [5.74, 6) is -0.654. The topological polar surface area (TPSA) is 66.8 Å². The van der Waals surface area contributed by atoms with Gasteiger partial charge in [0.05, 0.1) is 6.61 Å². The number of hydrogen-bond donors (Lipinski definition) is 2. The zero-order valence-corrected chi connectivity index (χ0v) is 8.75. The molecule has 4 nitrogen and oxygen atoms in total. The monoisotopic (exact) mass is 202 g/mol. The second-order valence-corrected chi connectivity index (χ2v) is 3.39. The SMILES string of the molecule is C=C(CCO)CC(C)(O)C(=O)OCC. The third kappa shape index (κ3) is 4.39. The van der Waals surface area contributed by atoms with Crippen LogP contribution in [0.4, 0.5) is 0 Å². The zero-order valence-electron chi connectivity index (χ0n) is 8.75. The van der Waals surface area contributed by atoms with Crippen molar-refractivity contribution < 1.29 is 19.7 Å². The first-order chi connectivity index (χ1) is 6.44. The Labute approximate surface area is 84.2 Å². The van der Waals surface area contributed by atoms with E-state index in [0.717, 1.165) is 0 Å². The molecule has 0 fully saturated rings. The first-order valence-corrected chi connectivity index (χ1v) is 4.61. The van der Waals surface area contributed by atoms with E-state index in [2.05, 4.69) is 6.58 Å². The molecule has 0 rings (SSSR count). The summed E-state index contributed by atoms with van der Waals surface area (Å²) in [6.07, 6.45) is 0.502. The van der Waals surface area contributed by atoms with Crippen LogP contribution in [0.15, 0.2) is 12.2 Å². The van der Waals surface area contributed by atoms with Gasteiger partial charge in [0, 0.05) is 13.0 Å². The molecule has 0 amide bonds. The minimum absolute atomic E-state index is 0.0300. The van der Waals surface area contributed by atoms with Gasteiger partial charge in [-0.25, -0.2) is 4.79 Å². The van der Waals surface area contributed by atoms with E-state index in [9.17, 15) is 9.90 Å². The van der Waals surface area contributed by atoms with Crippen LogP contribution in [0.2, 0.25) is 0 Å². The van der Waals surface area contributed by atoms with E-state index in [0.29, 0.717) is 12.0 Å². The molecule has 0 radical (unpaired) electrons. The van der Waals surface area contributed by atoms with Gasteiger partial charge in [-0.15, -0.1) is 0 Å². The van der Waals surface area contributed by atoms with Gasteiger partial charge in [-0.1, -0.05) is 12.2 Å². The third-order valence-corrected chi connectivity index (χ3v) is 1.77. The Morgan fingerprint density at radius 1 is 1.57 bits per heavy atom. The number of ether oxygens (including phenoxy) is 1. The van der Waals surface area contributed by atoms with Crippen molar-refractivity contribution in [2.24, 2.45) is 0 Å². The highest BCUT2D eigenvalue weighted by Crippen LogP contribution is 2.18. The molecule has 0 aromatic carbocycles. The van der Waals surface area contributed by atoms with Crippen LogP contribution >= 0.6 is 0 Å². The molecule has 0 aliphatic heterocycles. The van der Waals surface area contributed by atoms with Gasteiger partial charge in [0.25, 0.3) is 0 Å². The molecule has 4 heteroatoms. The molecule has 0 aliphatic carbocycles. The predicted octanol–water partition coefficient (Wildman–Crippen LogP) is 0.629. The third-order valence-electron chi connectivity index (χ3n) is 1.77. The second-order valence-electron chi connectivity index (χ2n) is 3.39. The van der Waals surface area contributed by atoms with E-state index >= 15 is 0 Å². The molecule has 0 saturated carbocycles. The molecule has 0 aromatic rings. The van der Waals surface area contributed by atoms with Gasteiger partial charge < -0.3 is 14.9 Å². The van der Waals surface area contributed by atoms with Gasteiger partial charge in [0.15, 0.2) is 5.60 Å². The van der Waals surface area contributed by atoms with E-state index in [1.165, 1.54) is 6.92 Å². The average molecular weight is 202 g/mol. The quantitative estimate of drug-likeness (QED) is 0.489. The molecule has 82 valence electrons. The van der Waals surface area contributed by atoms with Crippen molar-refractivity contribution in [3.05, 3.63) is 12.2 Å². The van der Waals surface area contributed by atoms with Crippen molar-refractivity contribution in [1.29, 1.82) is 0 Å². The van der Waals surface area contributed by atoms with Gasteiger partial charge in [-0.05, 0) is 20.3 Å². The smallest absolute Gasteiger partial charge is 0.338 e. The van der Waals surface area contributed by atoms with Crippen LogP contribution in [-0.4, -0.2) is 35.0 Å². The van der Waals surface area contributed by atoms with Crippen LogP contribution in [-0.2, 0) is 9.53 Å². The largest absolute Gasteiger partial charge is 0.464 e. The number of aliphatic hydroxyl groups excluding tert-OH is 1. The lowest BCUT2D eigenvalue weighted by Gasteiger charge is -2.21. The number of carbonyl (C=O) groups is 1. The highest BCUT2D eigenvalue weighted by molar-refractivity contribution is 5.79. The Hall–Kier alpha value is -0.870. The summed E-state index contributed by atoms with van der Waals surface area (Å²) in [5, 5.41) is 18.3. The number of rotatable bonds is 6. The molecule has 0 heterocycles. The fourth-order valence-electron chi connectivity index (χ4n) is 1.09. The van der Waals surface area contributed by atoms with Crippen molar-refractivity contribution >= 4 is 5.97 Å². The molecule has 0 bridgehead atoms. The number of esters is 1. The van der Waals surface area contributed by atoms with Crippen LogP contribution in [0, 0.1) is 0 Å². The Balaban J connectivity index is 4.18. The summed E-state index contributed by atoms with van der Waals surface area (Å²) in [4.78, 5) is 11.2. The summed E-state index contributed by atoms with van der Waals surface area (Å²) in [6, 6.07) is 0. The summed E-state index contributed by atoms with van der Waals surface area (Å²) in [6.45, 7) is 6.91. The van der Waals surface area contributed by atoms with Gasteiger partial charge in [0.1, 0.15) is 0 Å². The lowest BCUT2D eigenvalue weighted by molar-refractivity contribution is -0.163. The Kier molecular flexibility index (Phi) is 5.42. The minimum Gasteiger partial charge on any atom is -0.464 e. The van der Waals surface area contributed by atoms with E-state index in [1.807, 2.05) is 0 Å². The first kappa shape index (κ1) is 13.1. The van der Waals surface area contributed by atoms with Crippen LogP contribution in [0.5, 0.6) is 0 Å². The molecule has 2 N–H and O–H groups in total. The van der Waals surface area contributed by atoms with Crippen molar-refractivity contribution in [3.8, 4) is 0 Å². The molecule has 0 aliphatic rings. The van der Waals surface area contributed by atoms with Crippen molar-refractivity contribution in [2.75, 3.05) is 13.2 Å². The summed E-state index contributed by atoms with van der Waals surface area (Å²) in [5.41, 5.74) is -0.909. The normalized spacial score (nSPS) is 14.6. The van der Waals surface area contributed by atoms with Crippen LogP contribution < -0.4 is 0 Å². The lowest BCUT2D eigenvalue weighted by atomic mass is 9.96. The molecular weight excluding hydrogens is 184 g/mol. The molecule has 0 spiro atoms. The first-order valence-electron chi connectivity index (χ1n) is 4.61. The van der Waals surface area contributed by atoms with Gasteiger partial charge >= 0.3 is 5.97 Å². The van der Waals surface area contributed by atoms with Gasteiger partial charge in [-0.2, -0.15) is 0 Å². The Bertz CT molecular complexity index is 208. The Morgan fingerprint density at radius 3 is 2.57 bits per heavy atom. The standard InChI is InChI=1S/C10H18O4/c1-4-14-9(12)10(3,13)7-8(2)5-6-11/h11,13H,2,4-7H2,1,3H3. The predicted molar refractivity (Wildman–Crippen MR) is 52.7 cm³/mol. The maximum atomic E-state index is 11.2. The van der Waals surface area contributed by atoms with Crippen LogP contribution in [0.3, 0.4) is 0 Å². The van der Waals surface area contributed by atoms with E-state index in [-0.39, 0.29) is 19.6 Å². The zero-order chi connectivity index (χ0) is 11.2.